The fourth-order valence-electron chi connectivity index (χ4n) is 2.10. The van der Waals surface area contributed by atoms with E-state index < -0.39 is 11.9 Å². The maximum Gasteiger partial charge on any atom is 0.308 e. The first-order chi connectivity index (χ1) is 8.59. The smallest absolute Gasteiger partial charge is 0.308 e. The second-order valence-electron chi connectivity index (χ2n) is 4.30. The maximum atomic E-state index is 12.1. The molecule has 96 valence electrons. The van der Waals surface area contributed by atoms with Crippen molar-refractivity contribution in [3.8, 4) is 5.88 Å². The predicted molar refractivity (Wildman–Crippen MR) is 62.2 cm³/mol. The molecular weight excluding hydrogens is 236 g/mol. The van der Waals surface area contributed by atoms with Crippen molar-refractivity contribution in [3.05, 3.63) is 23.9 Å². The van der Waals surface area contributed by atoms with E-state index in [-0.39, 0.29) is 23.9 Å². The average Bonchev–Trinajstić information content (AvgIpc) is 2.38. The SMILES string of the molecule is O=C(O)C1CCCN(C(=O)c2cccnc2O)C1. The molecular formula is C12H14N2O4. The molecule has 6 nitrogen and oxygen atoms in total. The van der Waals surface area contributed by atoms with Gasteiger partial charge in [0.25, 0.3) is 5.91 Å². The first kappa shape index (κ1) is 12.3. The van der Waals surface area contributed by atoms with Crippen LogP contribution in [-0.2, 0) is 4.79 Å². The number of amides is 1. The van der Waals surface area contributed by atoms with Gasteiger partial charge in [0.05, 0.1) is 5.92 Å². The molecule has 0 spiro atoms. The van der Waals surface area contributed by atoms with Gasteiger partial charge < -0.3 is 15.1 Å². The Labute approximate surface area is 104 Å². The molecule has 1 aromatic heterocycles. The van der Waals surface area contributed by atoms with Crippen LogP contribution in [0, 0.1) is 5.92 Å². The molecule has 0 aromatic carbocycles. The van der Waals surface area contributed by atoms with Gasteiger partial charge in [0.1, 0.15) is 5.56 Å². The highest BCUT2D eigenvalue weighted by molar-refractivity contribution is 5.96. The number of carboxylic acids is 1. The molecule has 2 N–H and O–H groups in total. The minimum absolute atomic E-state index is 0.114. The van der Waals surface area contributed by atoms with Crippen LogP contribution in [-0.4, -0.2) is 45.1 Å². The van der Waals surface area contributed by atoms with E-state index >= 15 is 0 Å². The van der Waals surface area contributed by atoms with Crippen LogP contribution in [0.5, 0.6) is 5.88 Å². The first-order valence-electron chi connectivity index (χ1n) is 5.75. The van der Waals surface area contributed by atoms with E-state index in [4.69, 9.17) is 5.11 Å². The molecule has 6 heteroatoms. The molecule has 0 aliphatic carbocycles. The summed E-state index contributed by atoms with van der Waals surface area (Å²) in [5.74, 6) is -2.10. The van der Waals surface area contributed by atoms with E-state index in [9.17, 15) is 14.7 Å². The van der Waals surface area contributed by atoms with Crippen LogP contribution >= 0.6 is 0 Å². The Hall–Kier alpha value is -2.11. The summed E-state index contributed by atoms with van der Waals surface area (Å²) in [7, 11) is 0. The Kier molecular flexibility index (Phi) is 3.45. The molecule has 2 heterocycles. The molecule has 1 fully saturated rings. The van der Waals surface area contributed by atoms with Crippen molar-refractivity contribution in [1.82, 2.24) is 9.88 Å². The van der Waals surface area contributed by atoms with Gasteiger partial charge in [-0.25, -0.2) is 4.98 Å². The van der Waals surface area contributed by atoms with Crippen molar-refractivity contribution in [2.75, 3.05) is 13.1 Å². The lowest BCUT2D eigenvalue weighted by Crippen LogP contribution is -2.42. The summed E-state index contributed by atoms with van der Waals surface area (Å²) in [6.45, 7) is 0.694. The largest absolute Gasteiger partial charge is 0.493 e. The zero-order valence-corrected chi connectivity index (χ0v) is 9.74. The highest BCUT2D eigenvalue weighted by Crippen LogP contribution is 2.21. The Balaban J connectivity index is 2.14. The molecule has 1 unspecified atom stereocenters. The number of rotatable bonds is 2. The van der Waals surface area contributed by atoms with Gasteiger partial charge in [0.2, 0.25) is 5.88 Å². The molecule has 1 saturated heterocycles. The standard InChI is InChI=1S/C12H14N2O4/c15-10-9(4-1-5-13-10)11(16)14-6-2-3-8(7-14)12(17)18/h1,4-5,8H,2-3,6-7H2,(H,13,15)(H,17,18). The van der Waals surface area contributed by atoms with Crippen LogP contribution in [0.25, 0.3) is 0 Å². The van der Waals surface area contributed by atoms with Gasteiger partial charge in [0, 0.05) is 19.3 Å². The number of likely N-dealkylation sites (tertiary alicyclic amines) is 1. The summed E-state index contributed by atoms with van der Waals surface area (Å²) in [4.78, 5) is 28.1. The van der Waals surface area contributed by atoms with E-state index in [0.29, 0.717) is 19.4 Å². The van der Waals surface area contributed by atoms with Gasteiger partial charge in [0.15, 0.2) is 0 Å². The number of carbonyl (C=O) groups is 2. The van der Waals surface area contributed by atoms with Crippen molar-refractivity contribution in [1.29, 1.82) is 0 Å². The Bertz CT molecular complexity index is 475. The lowest BCUT2D eigenvalue weighted by Gasteiger charge is -2.30. The van der Waals surface area contributed by atoms with Gasteiger partial charge in [-0.3, -0.25) is 9.59 Å². The molecule has 1 aliphatic rings. The fraction of sp³-hybridized carbons (Fsp3) is 0.417. The number of hydrogen-bond donors (Lipinski definition) is 2. The first-order valence-corrected chi connectivity index (χ1v) is 5.75. The number of aromatic nitrogens is 1. The minimum atomic E-state index is -0.886. The van der Waals surface area contributed by atoms with E-state index in [1.54, 1.807) is 6.07 Å². The van der Waals surface area contributed by atoms with Crippen molar-refractivity contribution < 1.29 is 19.8 Å². The summed E-state index contributed by atoms with van der Waals surface area (Å²) >= 11 is 0. The third kappa shape index (κ3) is 2.42. The van der Waals surface area contributed by atoms with Gasteiger partial charge in [-0.05, 0) is 25.0 Å². The number of carbonyl (C=O) groups excluding carboxylic acids is 1. The lowest BCUT2D eigenvalue weighted by atomic mass is 9.98. The molecule has 1 atom stereocenters. The van der Waals surface area contributed by atoms with Gasteiger partial charge in [-0.15, -0.1) is 0 Å². The molecule has 2 rings (SSSR count). The fourth-order valence-corrected chi connectivity index (χ4v) is 2.10. The summed E-state index contributed by atoms with van der Waals surface area (Å²) in [5.41, 5.74) is 0.114. The number of carboxylic acid groups (broad SMARTS) is 1. The van der Waals surface area contributed by atoms with Crippen molar-refractivity contribution in [2.24, 2.45) is 5.92 Å². The van der Waals surface area contributed by atoms with Crippen LogP contribution in [0.3, 0.4) is 0 Å². The van der Waals surface area contributed by atoms with Crippen LogP contribution < -0.4 is 0 Å². The molecule has 18 heavy (non-hydrogen) atoms. The predicted octanol–water partition coefficient (Wildman–Crippen LogP) is 0.724. The van der Waals surface area contributed by atoms with Crippen LogP contribution in [0.4, 0.5) is 0 Å². The Morgan fingerprint density at radius 2 is 2.22 bits per heavy atom. The van der Waals surface area contributed by atoms with Crippen LogP contribution in [0.15, 0.2) is 18.3 Å². The van der Waals surface area contributed by atoms with E-state index in [0.717, 1.165) is 0 Å². The monoisotopic (exact) mass is 250 g/mol. The topological polar surface area (TPSA) is 90.7 Å². The number of nitrogens with zero attached hydrogens (tertiary/aromatic N) is 2. The number of hydrogen-bond acceptors (Lipinski definition) is 4. The quantitative estimate of drug-likeness (QED) is 0.807. The van der Waals surface area contributed by atoms with Gasteiger partial charge >= 0.3 is 5.97 Å². The molecule has 1 aromatic rings. The van der Waals surface area contributed by atoms with E-state index in [1.165, 1.54) is 17.2 Å². The normalized spacial score (nSPS) is 19.6. The summed E-state index contributed by atoms with van der Waals surface area (Å²) < 4.78 is 0. The number of aromatic hydroxyl groups is 1. The second-order valence-corrected chi connectivity index (χ2v) is 4.30. The maximum absolute atomic E-state index is 12.1. The summed E-state index contributed by atoms with van der Waals surface area (Å²) in [6, 6.07) is 3.04. The van der Waals surface area contributed by atoms with Gasteiger partial charge in [-0.2, -0.15) is 0 Å². The molecule has 1 amide bonds. The zero-order valence-electron chi connectivity index (χ0n) is 9.74. The minimum Gasteiger partial charge on any atom is -0.493 e. The number of piperidine rings is 1. The molecule has 0 bridgehead atoms. The summed E-state index contributed by atoms with van der Waals surface area (Å²) in [6.07, 6.45) is 2.63. The third-order valence-corrected chi connectivity index (χ3v) is 3.07. The third-order valence-electron chi connectivity index (χ3n) is 3.07. The number of pyridine rings is 1. The average molecular weight is 250 g/mol. The highest BCUT2D eigenvalue weighted by atomic mass is 16.4. The van der Waals surface area contributed by atoms with Crippen molar-refractivity contribution in [3.63, 3.8) is 0 Å². The zero-order chi connectivity index (χ0) is 13.1. The van der Waals surface area contributed by atoms with Gasteiger partial charge in [-0.1, -0.05) is 0 Å². The Morgan fingerprint density at radius 3 is 2.89 bits per heavy atom. The van der Waals surface area contributed by atoms with Crippen molar-refractivity contribution in [2.45, 2.75) is 12.8 Å². The van der Waals surface area contributed by atoms with E-state index in [2.05, 4.69) is 4.98 Å². The highest BCUT2D eigenvalue weighted by Gasteiger charge is 2.29. The lowest BCUT2D eigenvalue weighted by molar-refractivity contribution is -0.143. The van der Waals surface area contributed by atoms with Crippen LogP contribution in [0.2, 0.25) is 0 Å². The molecule has 1 aliphatic heterocycles. The molecule has 0 radical (unpaired) electrons. The molecule has 0 saturated carbocycles. The number of aliphatic carboxylic acids is 1. The second kappa shape index (κ2) is 5.03. The van der Waals surface area contributed by atoms with Crippen LogP contribution in [0.1, 0.15) is 23.2 Å². The Morgan fingerprint density at radius 1 is 1.44 bits per heavy atom. The van der Waals surface area contributed by atoms with Crippen molar-refractivity contribution >= 4 is 11.9 Å². The summed E-state index contributed by atoms with van der Waals surface area (Å²) in [5, 5.41) is 18.5. The van der Waals surface area contributed by atoms with E-state index in [1.807, 2.05) is 0 Å².